The smallest absolute Gasteiger partial charge is 0.123 e. The zero-order chi connectivity index (χ0) is 13.7. The van der Waals surface area contributed by atoms with E-state index in [1.165, 1.54) is 44.1 Å². The first-order valence-corrected chi connectivity index (χ1v) is 8.98. The lowest BCUT2D eigenvalue weighted by Gasteiger charge is -2.25. The highest BCUT2D eigenvalue weighted by atomic mass is 79.9. The minimum Gasteiger partial charge on any atom is -0.494 e. The maximum Gasteiger partial charge on any atom is 0.123 e. The molecule has 1 aromatic rings. The summed E-state index contributed by atoms with van der Waals surface area (Å²) in [4.78, 5) is 0.398. The number of benzene rings is 1. The van der Waals surface area contributed by atoms with E-state index in [2.05, 4.69) is 50.1 Å². The average molecular weight is 390 g/mol. The van der Waals surface area contributed by atoms with Gasteiger partial charge >= 0.3 is 0 Å². The predicted molar refractivity (Wildman–Crippen MR) is 88.2 cm³/mol. The lowest BCUT2D eigenvalue weighted by Crippen LogP contribution is -2.09. The van der Waals surface area contributed by atoms with Crippen LogP contribution in [0, 0.1) is 5.92 Å². The number of rotatable bonds is 5. The number of alkyl halides is 1. The van der Waals surface area contributed by atoms with Crippen LogP contribution in [0.1, 0.15) is 55.8 Å². The minimum absolute atomic E-state index is 0.398. The summed E-state index contributed by atoms with van der Waals surface area (Å²) in [5, 5.41) is 0. The van der Waals surface area contributed by atoms with Gasteiger partial charge in [0.2, 0.25) is 0 Å². The molecule has 0 aliphatic heterocycles. The first-order valence-electron chi connectivity index (χ1n) is 7.27. The topological polar surface area (TPSA) is 9.23 Å². The van der Waals surface area contributed by atoms with E-state index in [0.29, 0.717) is 4.83 Å². The molecule has 1 fully saturated rings. The van der Waals surface area contributed by atoms with E-state index in [4.69, 9.17) is 4.74 Å². The van der Waals surface area contributed by atoms with Gasteiger partial charge < -0.3 is 4.74 Å². The number of halogens is 2. The van der Waals surface area contributed by atoms with E-state index in [9.17, 15) is 0 Å². The van der Waals surface area contributed by atoms with Gasteiger partial charge in [-0.1, -0.05) is 64.0 Å². The van der Waals surface area contributed by atoms with Gasteiger partial charge in [0.1, 0.15) is 5.75 Å². The molecule has 1 nitrogen and oxygen atoms in total. The number of hydrogen-bond acceptors (Lipinski definition) is 1. The molecule has 0 saturated heterocycles. The molecule has 2 rings (SSSR count). The van der Waals surface area contributed by atoms with Crippen molar-refractivity contribution in [2.24, 2.45) is 5.92 Å². The molecule has 0 spiro atoms. The fourth-order valence-electron chi connectivity index (χ4n) is 2.89. The summed E-state index contributed by atoms with van der Waals surface area (Å²) in [5.74, 6) is 1.88. The largest absolute Gasteiger partial charge is 0.494 e. The summed E-state index contributed by atoms with van der Waals surface area (Å²) in [6.07, 6.45) is 8.23. The molecule has 1 unspecified atom stereocenters. The van der Waals surface area contributed by atoms with Crippen LogP contribution in [-0.4, -0.2) is 6.61 Å². The number of hydrogen-bond donors (Lipinski definition) is 0. The second kappa shape index (κ2) is 7.68. The van der Waals surface area contributed by atoms with Crippen LogP contribution in [0.5, 0.6) is 5.75 Å². The fraction of sp³-hybridized carbons (Fsp3) is 0.625. The Kier molecular flexibility index (Phi) is 6.21. The van der Waals surface area contributed by atoms with Gasteiger partial charge in [-0.05, 0) is 37.5 Å². The van der Waals surface area contributed by atoms with Gasteiger partial charge in [-0.25, -0.2) is 0 Å². The first kappa shape index (κ1) is 15.4. The van der Waals surface area contributed by atoms with Crippen molar-refractivity contribution < 1.29 is 4.74 Å². The predicted octanol–water partition coefficient (Wildman–Crippen LogP) is 6.25. The Morgan fingerprint density at radius 2 is 2.00 bits per heavy atom. The molecule has 106 valence electrons. The lowest BCUT2D eigenvalue weighted by atomic mass is 9.85. The van der Waals surface area contributed by atoms with E-state index < -0.39 is 0 Å². The Hall–Kier alpha value is -0.0200. The van der Waals surface area contributed by atoms with Crippen LogP contribution in [0.3, 0.4) is 0 Å². The molecule has 3 heteroatoms. The highest BCUT2D eigenvalue weighted by molar-refractivity contribution is 9.10. The molecule has 1 aromatic carbocycles. The van der Waals surface area contributed by atoms with Gasteiger partial charge in [0, 0.05) is 14.9 Å². The third-order valence-electron chi connectivity index (χ3n) is 3.87. The van der Waals surface area contributed by atoms with Crippen LogP contribution in [0.15, 0.2) is 22.7 Å². The highest BCUT2D eigenvalue weighted by Gasteiger charge is 2.21. The van der Waals surface area contributed by atoms with Gasteiger partial charge in [-0.3, -0.25) is 0 Å². The van der Waals surface area contributed by atoms with Crippen LogP contribution in [-0.2, 0) is 0 Å². The van der Waals surface area contributed by atoms with Crippen LogP contribution < -0.4 is 4.74 Å². The molecule has 0 radical (unpaired) electrons. The van der Waals surface area contributed by atoms with Crippen molar-refractivity contribution in [3.05, 3.63) is 28.2 Å². The van der Waals surface area contributed by atoms with Gasteiger partial charge in [0.25, 0.3) is 0 Å². The number of ether oxygens (including phenoxy) is 1. The van der Waals surface area contributed by atoms with Gasteiger partial charge in [-0.15, -0.1) is 0 Å². The monoisotopic (exact) mass is 388 g/mol. The summed E-state index contributed by atoms with van der Waals surface area (Å²) in [7, 11) is 0. The Morgan fingerprint density at radius 1 is 1.26 bits per heavy atom. The molecular weight excluding hydrogens is 368 g/mol. The molecule has 1 saturated carbocycles. The third-order valence-corrected chi connectivity index (χ3v) is 5.23. The first-order chi connectivity index (χ1) is 9.20. The van der Waals surface area contributed by atoms with Crippen molar-refractivity contribution in [2.75, 3.05) is 6.61 Å². The third kappa shape index (κ3) is 4.49. The molecule has 1 aliphatic carbocycles. The Bertz CT molecular complexity index is 400. The maximum absolute atomic E-state index is 5.75. The Labute approximate surface area is 133 Å². The lowest BCUT2D eigenvalue weighted by molar-refractivity contribution is 0.324. The molecule has 0 amide bonds. The van der Waals surface area contributed by atoms with Crippen molar-refractivity contribution in [2.45, 2.75) is 50.3 Å². The SMILES string of the molecule is CCOc1ccc(Br)cc1C(Br)CC1CCCCC1. The standard InChI is InChI=1S/C16H22Br2O/c1-2-19-16-9-8-13(17)11-14(16)15(18)10-12-6-4-3-5-7-12/h8-9,11-12,15H,2-7,10H2,1H3. The summed E-state index contributed by atoms with van der Waals surface area (Å²) in [5.41, 5.74) is 1.28. The average Bonchev–Trinajstić information content (AvgIpc) is 2.42. The second-order valence-electron chi connectivity index (χ2n) is 5.32. The fourth-order valence-corrected chi connectivity index (χ4v) is 4.16. The Morgan fingerprint density at radius 3 is 2.68 bits per heavy atom. The molecule has 0 bridgehead atoms. The molecule has 1 aliphatic rings. The van der Waals surface area contributed by atoms with Crippen LogP contribution in [0.4, 0.5) is 0 Å². The quantitative estimate of drug-likeness (QED) is 0.540. The second-order valence-corrected chi connectivity index (χ2v) is 7.34. The summed E-state index contributed by atoms with van der Waals surface area (Å²) in [6.45, 7) is 2.76. The molecule has 0 N–H and O–H groups in total. The highest BCUT2D eigenvalue weighted by Crippen LogP contribution is 2.40. The van der Waals surface area contributed by atoms with Gasteiger partial charge in [-0.2, -0.15) is 0 Å². The van der Waals surface area contributed by atoms with E-state index in [1.807, 2.05) is 6.92 Å². The van der Waals surface area contributed by atoms with Gasteiger partial charge in [0.15, 0.2) is 0 Å². The van der Waals surface area contributed by atoms with Crippen molar-refractivity contribution in [3.8, 4) is 5.75 Å². The maximum atomic E-state index is 5.75. The molecule has 19 heavy (non-hydrogen) atoms. The van der Waals surface area contributed by atoms with E-state index in [0.717, 1.165) is 22.7 Å². The minimum atomic E-state index is 0.398. The Balaban J connectivity index is 2.07. The van der Waals surface area contributed by atoms with E-state index in [-0.39, 0.29) is 0 Å². The summed E-state index contributed by atoms with van der Waals surface area (Å²) in [6, 6.07) is 6.31. The van der Waals surface area contributed by atoms with Crippen LogP contribution in [0.25, 0.3) is 0 Å². The summed E-state index contributed by atoms with van der Waals surface area (Å²) >= 11 is 7.44. The van der Waals surface area contributed by atoms with Crippen molar-refractivity contribution in [1.82, 2.24) is 0 Å². The van der Waals surface area contributed by atoms with E-state index in [1.54, 1.807) is 0 Å². The van der Waals surface area contributed by atoms with Crippen molar-refractivity contribution in [1.29, 1.82) is 0 Å². The zero-order valence-corrected chi connectivity index (χ0v) is 14.7. The van der Waals surface area contributed by atoms with Crippen molar-refractivity contribution >= 4 is 31.9 Å². The molecule has 0 aromatic heterocycles. The van der Waals surface area contributed by atoms with Gasteiger partial charge in [0.05, 0.1) is 6.61 Å². The molecule has 1 atom stereocenters. The van der Waals surface area contributed by atoms with Crippen LogP contribution in [0.2, 0.25) is 0 Å². The zero-order valence-electron chi connectivity index (χ0n) is 11.5. The molecular formula is C16H22Br2O. The normalized spacial score (nSPS) is 18.3. The van der Waals surface area contributed by atoms with E-state index >= 15 is 0 Å². The van der Waals surface area contributed by atoms with Crippen molar-refractivity contribution in [3.63, 3.8) is 0 Å². The summed E-state index contributed by atoms with van der Waals surface area (Å²) < 4.78 is 6.88. The molecule has 0 heterocycles. The van der Waals surface area contributed by atoms with Crippen LogP contribution >= 0.6 is 31.9 Å².